The first-order valence-electron chi connectivity index (χ1n) is 10.7. The summed E-state index contributed by atoms with van der Waals surface area (Å²) in [4.78, 5) is 26.8. The molecule has 0 bridgehead atoms. The van der Waals surface area contributed by atoms with E-state index < -0.39 is 23.3 Å². The molecule has 1 saturated carbocycles. The molecule has 1 atom stereocenters. The summed E-state index contributed by atoms with van der Waals surface area (Å²) in [6, 6.07) is 11.5. The van der Waals surface area contributed by atoms with Gasteiger partial charge in [-0.15, -0.1) is 0 Å². The van der Waals surface area contributed by atoms with Crippen molar-refractivity contribution in [2.24, 2.45) is 5.92 Å². The molecule has 0 aliphatic heterocycles. The quantitative estimate of drug-likeness (QED) is 0.477. The Morgan fingerprint density at radius 1 is 1.15 bits per heavy atom. The molecule has 0 saturated heterocycles. The fraction of sp³-hybridized carbons (Fsp3) is 0.240. The molecule has 4 aromatic rings. The zero-order valence-corrected chi connectivity index (χ0v) is 18.1. The summed E-state index contributed by atoms with van der Waals surface area (Å²) in [5.74, 6) is -0.772. The van der Waals surface area contributed by atoms with Gasteiger partial charge in [0.1, 0.15) is 17.4 Å². The third-order valence-electron chi connectivity index (χ3n) is 6.06. The Bertz CT molecular complexity index is 1450. The lowest BCUT2D eigenvalue weighted by Crippen LogP contribution is -2.33. The van der Waals surface area contributed by atoms with E-state index in [0.29, 0.717) is 17.0 Å². The lowest BCUT2D eigenvalue weighted by atomic mass is 9.99. The first-order chi connectivity index (χ1) is 15.8. The number of aryl methyl sites for hydroxylation is 1. The number of halogens is 2. The van der Waals surface area contributed by atoms with Crippen LogP contribution >= 0.6 is 0 Å². The van der Waals surface area contributed by atoms with E-state index in [0.717, 1.165) is 12.8 Å². The van der Waals surface area contributed by atoms with Gasteiger partial charge in [0.15, 0.2) is 5.82 Å². The van der Waals surface area contributed by atoms with Crippen LogP contribution in [0, 0.1) is 31.4 Å². The van der Waals surface area contributed by atoms with Crippen molar-refractivity contribution in [2.75, 3.05) is 0 Å². The second-order valence-corrected chi connectivity index (χ2v) is 8.40. The predicted molar refractivity (Wildman–Crippen MR) is 118 cm³/mol. The molecule has 8 heteroatoms. The number of rotatable bonds is 5. The molecular weight excluding hydrogens is 428 g/mol. The summed E-state index contributed by atoms with van der Waals surface area (Å²) in [7, 11) is 0. The molecule has 33 heavy (non-hydrogen) atoms. The van der Waals surface area contributed by atoms with Gasteiger partial charge in [0.25, 0.3) is 11.5 Å². The molecule has 0 unspecified atom stereocenters. The average Bonchev–Trinajstić information content (AvgIpc) is 3.52. The molecule has 5 rings (SSSR count). The van der Waals surface area contributed by atoms with Gasteiger partial charge in [-0.1, -0.05) is 29.4 Å². The maximum Gasteiger partial charge on any atom is 0.267 e. The molecule has 1 N–H and O–H groups in total. The van der Waals surface area contributed by atoms with Crippen LogP contribution in [0.1, 0.15) is 46.3 Å². The van der Waals surface area contributed by atoms with Crippen molar-refractivity contribution in [3.05, 3.63) is 93.1 Å². The summed E-state index contributed by atoms with van der Waals surface area (Å²) >= 11 is 0. The first kappa shape index (κ1) is 21.1. The van der Waals surface area contributed by atoms with Gasteiger partial charge in [-0.3, -0.25) is 14.2 Å². The van der Waals surface area contributed by atoms with Gasteiger partial charge in [-0.25, -0.2) is 8.78 Å². The van der Waals surface area contributed by atoms with Crippen LogP contribution in [-0.2, 0) is 0 Å². The maximum absolute atomic E-state index is 14.8. The highest BCUT2D eigenvalue weighted by molar-refractivity contribution is 6.08. The number of fused-ring (bicyclic) bond motifs is 1. The molecule has 2 heterocycles. The van der Waals surface area contributed by atoms with E-state index in [4.69, 9.17) is 4.52 Å². The van der Waals surface area contributed by atoms with Crippen molar-refractivity contribution in [1.29, 1.82) is 0 Å². The van der Waals surface area contributed by atoms with E-state index in [1.807, 2.05) is 0 Å². The van der Waals surface area contributed by atoms with Gasteiger partial charge in [0, 0.05) is 17.1 Å². The molecular formula is C25H21F2N3O3. The highest BCUT2D eigenvalue weighted by Gasteiger charge is 2.35. The Morgan fingerprint density at radius 2 is 1.91 bits per heavy atom. The Labute approximate surface area is 187 Å². The molecule has 6 nitrogen and oxygen atoms in total. The standard InChI is InChI=1S/C25H21F2N3O3/c1-13-11-20(29-33-13)30-14(2)21(18-7-4-8-19(27)22(18)25(30)32)24(31)28-23(15-9-10-15)16-5-3-6-17(26)12-16/h3-8,11-12,15,23H,9-10H2,1-2H3,(H,28,31)/t23-/m0/s1. The molecule has 0 spiro atoms. The number of carbonyl (C=O) groups is 1. The molecule has 1 fully saturated rings. The van der Waals surface area contributed by atoms with Crippen LogP contribution in [0.25, 0.3) is 16.6 Å². The van der Waals surface area contributed by atoms with Crippen LogP contribution in [0.3, 0.4) is 0 Å². The SMILES string of the molecule is Cc1cc(-n2c(C)c(C(=O)N[C@H](c3cccc(F)c3)C3CC3)c3cccc(F)c3c2=O)no1. The molecule has 1 aliphatic carbocycles. The highest BCUT2D eigenvalue weighted by Crippen LogP contribution is 2.41. The molecule has 168 valence electrons. The summed E-state index contributed by atoms with van der Waals surface area (Å²) in [6.45, 7) is 3.28. The van der Waals surface area contributed by atoms with Crippen molar-refractivity contribution >= 4 is 16.7 Å². The molecule has 1 amide bonds. The van der Waals surface area contributed by atoms with Crippen molar-refractivity contribution in [3.63, 3.8) is 0 Å². The topological polar surface area (TPSA) is 77.1 Å². The Hall–Kier alpha value is -3.81. The summed E-state index contributed by atoms with van der Waals surface area (Å²) < 4.78 is 35.0. The second kappa shape index (κ2) is 7.95. The molecule has 1 aliphatic rings. The maximum atomic E-state index is 14.8. The van der Waals surface area contributed by atoms with Crippen LogP contribution in [-0.4, -0.2) is 15.6 Å². The van der Waals surface area contributed by atoms with E-state index in [-0.39, 0.29) is 33.9 Å². The summed E-state index contributed by atoms with van der Waals surface area (Å²) in [5, 5.41) is 6.90. The van der Waals surface area contributed by atoms with Gasteiger partial charge in [0.05, 0.1) is 17.0 Å². The Balaban J connectivity index is 1.68. The van der Waals surface area contributed by atoms with Gasteiger partial charge in [0.2, 0.25) is 0 Å². The Morgan fingerprint density at radius 3 is 2.58 bits per heavy atom. The van der Waals surface area contributed by atoms with Crippen molar-refractivity contribution in [3.8, 4) is 5.82 Å². The Kier molecular flexibility index (Phi) is 5.08. The fourth-order valence-corrected chi connectivity index (χ4v) is 4.36. The van der Waals surface area contributed by atoms with Crippen LogP contribution in [0.15, 0.2) is 57.8 Å². The normalized spacial score (nSPS) is 14.4. The van der Waals surface area contributed by atoms with E-state index in [1.54, 1.807) is 38.1 Å². The monoisotopic (exact) mass is 449 g/mol. The highest BCUT2D eigenvalue weighted by atomic mass is 19.1. The largest absolute Gasteiger partial charge is 0.360 e. The van der Waals surface area contributed by atoms with E-state index in [9.17, 15) is 18.4 Å². The van der Waals surface area contributed by atoms with E-state index in [2.05, 4.69) is 10.5 Å². The van der Waals surface area contributed by atoms with E-state index in [1.165, 1.54) is 28.8 Å². The van der Waals surface area contributed by atoms with Gasteiger partial charge < -0.3 is 9.84 Å². The lowest BCUT2D eigenvalue weighted by molar-refractivity contribution is 0.0932. The molecule has 0 radical (unpaired) electrons. The number of pyridine rings is 1. The number of aromatic nitrogens is 2. The molecule has 2 aromatic heterocycles. The number of hydrogen-bond donors (Lipinski definition) is 1. The number of benzene rings is 2. The third-order valence-corrected chi connectivity index (χ3v) is 6.06. The van der Waals surface area contributed by atoms with Crippen LogP contribution < -0.4 is 10.9 Å². The lowest BCUT2D eigenvalue weighted by Gasteiger charge is -2.21. The minimum absolute atomic E-state index is 0.159. The van der Waals surface area contributed by atoms with Crippen molar-refractivity contribution in [1.82, 2.24) is 15.0 Å². The number of carbonyl (C=O) groups excluding carboxylic acids is 1. The minimum Gasteiger partial charge on any atom is -0.360 e. The number of amides is 1. The smallest absolute Gasteiger partial charge is 0.267 e. The number of hydrogen-bond acceptors (Lipinski definition) is 4. The third kappa shape index (κ3) is 3.71. The van der Waals surface area contributed by atoms with Gasteiger partial charge in [-0.2, -0.15) is 0 Å². The predicted octanol–water partition coefficient (Wildman–Crippen LogP) is 4.75. The first-order valence-corrected chi connectivity index (χ1v) is 10.7. The molecule has 2 aromatic carbocycles. The number of nitrogens with one attached hydrogen (secondary N) is 1. The van der Waals surface area contributed by atoms with Crippen LogP contribution in [0.5, 0.6) is 0 Å². The zero-order chi connectivity index (χ0) is 23.3. The van der Waals surface area contributed by atoms with Crippen molar-refractivity contribution < 1.29 is 18.1 Å². The number of nitrogens with zero attached hydrogens (tertiary/aromatic N) is 2. The van der Waals surface area contributed by atoms with Crippen LogP contribution in [0.2, 0.25) is 0 Å². The fourth-order valence-electron chi connectivity index (χ4n) is 4.36. The zero-order valence-electron chi connectivity index (χ0n) is 18.1. The van der Waals surface area contributed by atoms with Crippen LogP contribution in [0.4, 0.5) is 8.78 Å². The second-order valence-electron chi connectivity index (χ2n) is 8.40. The van der Waals surface area contributed by atoms with Gasteiger partial charge in [-0.05, 0) is 56.4 Å². The van der Waals surface area contributed by atoms with Crippen molar-refractivity contribution in [2.45, 2.75) is 32.7 Å². The van der Waals surface area contributed by atoms with Gasteiger partial charge >= 0.3 is 0 Å². The summed E-state index contributed by atoms with van der Waals surface area (Å²) in [5.41, 5.74) is 0.498. The van der Waals surface area contributed by atoms with E-state index >= 15 is 0 Å². The minimum atomic E-state index is -0.732. The summed E-state index contributed by atoms with van der Waals surface area (Å²) in [6.07, 6.45) is 1.82. The average molecular weight is 449 g/mol.